The molecule has 0 amide bonds. The first kappa shape index (κ1) is 11.4. The van der Waals surface area contributed by atoms with Gasteiger partial charge in [-0.25, -0.2) is 4.98 Å². The summed E-state index contributed by atoms with van der Waals surface area (Å²) in [5.74, 6) is 0.777. The molecule has 0 unspecified atom stereocenters. The van der Waals surface area contributed by atoms with E-state index in [1.807, 2.05) is 25.1 Å². The summed E-state index contributed by atoms with van der Waals surface area (Å²) in [6, 6.07) is 10.3. The highest BCUT2D eigenvalue weighted by molar-refractivity contribution is 5.61. The zero-order chi connectivity index (χ0) is 12.3. The third kappa shape index (κ3) is 2.72. The van der Waals surface area contributed by atoms with E-state index in [9.17, 15) is 4.39 Å². The van der Waals surface area contributed by atoms with Gasteiger partial charge < -0.3 is 10.1 Å². The van der Waals surface area contributed by atoms with Gasteiger partial charge in [0.15, 0.2) is 0 Å². The molecule has 2 rings (SSSR count). The molecule has 1 aromatic heterocycles. The first-order valence-corrected chi connectivity index (χ1v) is 5.23. The predicted molar refractivity (Wildman–Crippen MR) is 65.2 cm³/mol. The molecule has 0 saturated carbocycles. The Morgan fingerprint density at radius 3 is 2.71 bits per heavy atom. The zero-order valence-electron chi connectivity index (χ0n) is 9.70. The van der Waals surface area contributed by atoms with Crippen LogP contribution in [-0.2, 0) is 0 Å². The first-order valence-electron chi connectivity index (χ1n) is 5.23. The van der Waals surface area contributed by atoms with Gasteiger partial charge in [0, 0.05) is 5.69 Å². The van der Waals surface area contributed by atoms with E-state index in [-0.39, 0.29) is 0 Å². The van der Waals surface area contributed by atoms with Crippen LogP contribution in [0.5, 0.6) is 5.75 Å². The number of benzene rings is 1. The monoisotopic (exact) mass is 232 g/mol. The van der Waals surface area contributed by atoms with E-state index in [1.165, 1.54) is 6.07 Å². The van der Waals surface area contributed by atoms with Crippen LogP contribution in [0.25, 0.3) is 0 Å². The molecule has 0 aliphatic rings. The third-order valence-corrected chi connectivity index (χ3v) is 2.41. The minimum atomic E-state index is -0.499. The smallest absolute Gasteiger partial charge is 0.214 e. The standard InChI is InChI=1S/C13H13FN2O/c1-9-8-10(17-2)6-7-11(9)15-13-5-3-4-12(14)16-13/h3-8H,1-2H3,(H,15,16). The lowest BCUT2D eigenvalue weighted by atomic mass is 10.2. The number of nitrogens with zero attached hydrogens (tertiary/aromatic N) is 1. The maximum atomic E-state index is 12.9. The topological polar surface area (TPSA) is 34.1 Å². The molecular weight excluding hydrogens is 219 g/mol. The minimum absolute atomic E-state index is 0.485. The van der Waals surface area contributed by atoms with Crippen molar-refractivity contribution < 1.29 is 9.13 Å². The molecule has 88 valence electrons. The fraction of sp³-hybridized carbons (Fsp3) is 0.154. The number of pyridine rings is 1. The highest BCUT2D eigenvalue weighted by atomic mass is 19.1. The van der Waals surface area contributed by atoms with Crippen LogP contribution < -0.4 is 10.1 Å². The van der Waals surface area contributed by atoms with E-state index in [0.717, 1.165) is 17.0 Å². The number of ether oxygens (including phenoxy) is 1. The molecule has 1 aromatic carbocycles. The number of aromatic nitrogens is 1. The highest BCUT2D eigenvalue weighted by Crippen LogP contribution is 2.23. The zero-order valence-corrected chi connectivity index (χ0v) is 9.70. The fourth-order valence-electron chi connectivity index (χ4n) is 1.52. The van der Waals surface area contributed by atoms with Gasteiger partial charge in [-0.05, 0) is 42.8 Å². The van der Waals surface area contributed by atoms with Gasteiger partial charge in [-0.3, -0.25) is 0 Å². The van der Waals surface area contributed by atoms with E-state index < -0.39 is 5.95 Å². The average Bonchev–Trinajstić information content (AvgIpc) is 2.32. The summed E-state index contributed by atoms with van der Waals surface area (Å²) >= 11 is 0. The molecule has 0 spiro atoms. The lowest BCUT2D eigenvalue weighted by molar-refractivity contribution is 0.414. The summed E-state index contributed by atoms with van der Waals surface area (Å²) in [7, 11) is 1.62. The van der Waals surface area contributed by atoms with Crippen LogP contribution in [0.2, 0.25) is 0 Å². The number of rotatable bonds is 3. The lowest BCUT2D eigenvalue weighted by Gasteiger charge is -2.10. The van der Waals surface area contributed by atoms with Crippen molar-refractivity contribution >= 4 is 11.5 Å². The molecule has 0 bridgehead atoms. The normalized spacial score (nSPS) is 10.1. The van der Waals surface area contributed by atoms with E-state index in [1.54, 1.807) is 19.2 Å². The second-order valence-electron chi connectivity index (χ2n) is 3.65. The second kappa shape index (κ2) is 4.82. The lowest BCUT2D eigenvalue weighted by Crippen LogP contribution is -1.97. The summed E-state index contributed by atoms with van der Waals surface area (Å²) in [6.45, 7) is 1.95. The molecule has 0 aliphatic carbocycles. The summed E-state index contributed by atoms with van der Waals surface area (Å²) in [5.41, 5.74) is 1.89. The molecule has 0 aliphatic heterocycles. The van der Waals surface area contributed by atoms with Gasteiger partial charge in [0.1, 0.15) is 11.6 Å². The largest absolute Gasteiger partial charge is 0.497 e. The van der Waals surface area contributed by atoms with E-state index in [4.69, 9.17) is 4.74 Å². The van der Waals surface area contributed by atoms with Gasteiger partial charge in [0.25, 0.3) is 0 Å². The van der Waals surface area contributed by atoms with Gasteiger partial charge >= 0.3 is 0 Å². The molecule has 0 fully saturated rings. The maximum Gasteiger partial charge on any atom is 0.214 e. The van der Waals surface area contributed by atoms with Crippen LogP contribution in [0.4, 0.5) is 15.9 Å². The minimum Gasteiger partial charge on any atom is -0.497 e. The van der Waals surface area contributed by atoms with Gasteiger partial charge in [-0.15, -0.1) is 0 Å². The van der Waals surface area contributed by atoms with Gasteiger partial charge in [-0.2, -0.15) is 4.39 Å². The Labute approximate surface area is 99.3 Å². The Morgan fingerprint density at radius 2 is 2.06 bits per heavy atom. The summed E-state index contributed by atoms with van der Waals surface area (Å²) < 4.78 is 18.0. The Balaban J connectivity index is 2.24. The highest BCUT2D eigenvalue weighted by Gasteiger charge is 2.02. The van der Waals surface area contributed by atoms with Crippen LogP contribution in [-0.4, -0.2) is 12.1 Å². The van der Waals surface area contributed by atoms with Crippen molar-refractivity contribution in [3.05, 3.63) is 47.9 Å². The van der Waals surface area contributed by atoms with E-state index in [2.05, 4.69) is 10.3 Å². The summed E-state index contributed by atoms with van der Waals surface area (Å²) in [4.78, 5) is 3.74. The van der Waals surface area contributed by atoms with Crippen molar-refractivity contribution in [1.82, 2.24) is 4.98 Å². The molecule has 2 aromatic rings. The number of methoxy groups -OCH3 is 1. The predicted octanol–water partition coefficient (Wildman–Crippen LogP) is 3.28. The molecule has 3 nitrogen and oxygen atoms in total. The fourth-order valence-corrected chi connectivity index (χ4v) is 1.52. The molecule has 4 heteroatoms. The van der Waals surface area contributed by atoms with Crippen molar-refractivity contribution in [2.24, 2.45) is 0 Å². The molecule has 0 atom stereocenters. The maximum absolute atomic E-state index is 12.9. The van der Waals surface area contributed by atoms with Crippen LogP contribution in [0.1, 0.15) is 5.56 Å². The van der Waals surface area contributed by atoms with Crippen molar-refractivity contribution in [3.63, 3.8) is 0 Å². The molecule has 1 N–H and O–H groups in total. The Kier molecular flexibility index (Phi) is 3.23. The van der Waals surface area contributed by atoms with Gasteiger partial charge in [0.05, 0.1) is 7.11 Å². The molecule has 17 heavy (non-hydrogen) atoms. The average molecular weight is 232 g/mol. The molecule has 1 heterocycles. The van der Waals surface area contributed by atoms with Crippen LogP contribution in [0, 0.1) is 12.9 Å². The van der Waals surface area contributed by atoms with Crippen molar-refractivity contribution in [1.29, 1.82) is 0 Å². The molecule has 0 radical (unpaired) electrons. The number of hydrogen-bond donors (Lipinski definition) is 1. The van der Waals surface area contributed by atoms with E-state index in [0.29, 0.717) is 5.82 Å². The molecule has 0 saturated heterocycles. The van der Waals surface area contributed by atoms with Gasteiger partial charge in [-0.1, -0.05) is 6.07 Å². The second-order valence-corrected chi connectivity index (χ2v) is 3.65. The SMILES string of the molecule is COc1ccc(Nc2cccc(F)n2)c(C)c1. The van der Waals surface area contributed by atoms with Crippen LogP contribution in [0.15, 0.2) is 36.4 Å². The third-order valence-electron chi connectivity index (χ3n) is 2.41. The number of halogens is 1. The number of hydrogen-bond acceptors (Lipinski definition) is 3. The number of aryl methyl sites for hydroxylation is 1. The van der Waals surface area contributed by atoms with Crippen molar-refractivity contribution in [2.75, 3.05) is 12.4 Å². The van der Waals surface area contributed by atoms with Crippen LogP contribution >= 0.6 is 0 Å². The first-order chi connectivity index (χ1) is 8.19. The van der Waals surface area contributed by atoms with Gasteiger partial charge in [0.2, 0.25) is 5.95 Å². The Morgan fingerprint density at radius 1 is 1.24 bits per heavy atom. The van der Waals surface area contributed by atoms with Crippen LogP contribution in [0.3, 0.4) is 0 Å². The van der Waals surface area contributed by atoms with Crippen molar-refractivity contribution in [3.8, 4) is 5.75 Å². The van der Waals surface area contributed by atoms with Crippen molar-refractivity contribution in [2.45, 2.75) is 6.92 Å². The number of anilines is 2. The van der Waals surface area contributed by atoms with E-state index >= 15 is 0 Å². The Bertz CT molecular complexity index is 529. The number of nitrogens with one attached hydrogen (secondary N) is 1. The summed E-state index contributed by atoms with van der Waals surface area (Å²) in [5, 5.41) is 3.06. The molecular formula is C13H13FN2O. The quantitative estimate of drug-likeness (QED) is 0.824. The Hall–Kier alpha value is -2.10. The summed E-state index contributed by atoms with van der Waals surface area (Å²) in [6.07, 6.45) is 0.